The van der Waals surface area contributed by atoms with Gasteiger partial charge in [0, 0.05) is 37.7 Å². The van der Waals surface area contributed by atoms with Crippen molar-refractivity contribution in [1.82, 2.24) is 4.90 Å². The highest BCUT2D eigenvalue weighted by Gasteiger charge is 2.37. The molecule has 4 heteroatoms. The topological polar surface area (TPSA) is 21.7 Å². The molecule has 0 aromatic carbocycles. The van der Waals surface area contributed by atoms with Crippen molar-refractivity contribution in [3.63, 3.8) is 0 Å². The van der Waals surface area contributed by atoms with Crippen LogP contribution in [0.15, 0.2) is 0 Å². The first-order valence-electron chi connectivity index (χ1n) is 7.18. The number of ether oxygens (including phenoxy) is 2. The van der Waals surface area contributed by atoms with E-state index in [1.165, 1.54) is 25.8 Å². The van der Waals surface area contributed by atoms with Crippen molar-refractivity contribution in [2.75, 3.05) is 38.2 Å². The number of alkyl halides is 1. The van der Waals surface area contributed by atoms with Gasteiger partial charge in [0.15, 0.2) is 0 Å². The molecule has 0 aliphatic carbocycles. The lowest BCUT2D eigenvalue weighted by atomic mass is 9.81. The average Bonchev–Trinajstić information content (AvgIpc) is 2.40. The minimum atomic E-state index is 0.375. The Labute approximate surface area is 119 Å². The van der Waals surface area contributed by atoms with Gasteiger partial charge in [-0.05, 0) is 31.6 Å². The first kappa shape index (κ1) is 14.8. The molecule has 0 saturated carbocycles. The van der Waals surface area contributed by atoms with Crippen molar-refractivity contribution in [2.45, 2.75) is 45.3 Å². The number of rotatable bonds is 4. The highest BCUT2D eigenvalue weighted by Crippen LogP contribution is 2.35. The van der Waals surface area contributed by atoms with Crippen LogP contribution in [0.25, 0.3) is 0 Å². The van der Waals surface area contributed by atoms with Gasteiger partial charge in [-0.3, -0.25) is 4.90 Å². The first-order valence-corrected chi connectivity index (χ1v) is 8.30. The standard InChI is InChI=1S/C14H26BrNO2/c1-3-13-9-18-12(2)8-16(13)11-14(10-15)4-6-17-7-5-14/h12-13H,3-11H2,1-2H3. The third-order valence-corrected chi connectivity index (χ3v) is 5.62. The van der Waals surface area contributed by atoms with Crippen LogP contribution in [0, 0.1) is 5.41 Å². The summed E-state index contributed by atoms with van der Waals surface area (Å²) in [5.41, 5.74) is 0.405. The molecule has 2 unspecified atom stereocenters. The maximum atomic E-state index is 5.79. The number of hydrogen-bond donors (Lipinski definition) is 0. The zero-order valence-electron chi connectivity index (χ0n) is 11.7. The largest absolute Gasteiger partial charge is 0.381 e. The molecule has 106 valence electrons. The lowest BCUT2D eigenvalue weighted by Crippen LogP contribution is -2.53. The maximum Gasteiger partial charge on any atom is 0.0674 e. The lowest BCUT2D eigenvalue weighted by molar-refractivity contribution is -0.0790. The summed E-state index contributed by atoms with van der Waals surface area (Å²) in [7, 11) is 0. The quantitative estimate of drug-likeness (QED) is 0.744. The molecule has 0 spiro atoms. The van der Waals surface area contributed by atoms with E-state index in [0.29, 0.717) is 17.6 Å². The van der Waals surface area contributed by atoms with E-state index in [0.717, 1.165) is 31.7 Å². The number of hydrogen-bond acceptors (Lipinski definition) is 3. The first-order chi connectivity index (χ1) is 8.69. The lowest BCUT2D eigenvalue weighted by Gasteiger charge is -2.45. The summed E-state index contributed by atoms with van der Waals surface area (Å²) in [6.07, 6.45) is 3.92. The second-order valence-electron chi connectivity index (χ2n) is 5.88. The molecule has 2 saturated heterocycles. The van der Waals surface area contributed by atoms with Gasteiger partial charge < -0.3 is 9.47 Å². The Morgan fingerprint density at radius 1 is 1.33 bits per heavy atom. The Bertz CT molecular complexity index is 256. The summed E-state index contributed by atoms with van der Waals surface area (Å²) in [5.74, 6) is 0. The molecule has 0 aromatic heterocycles. The molecule has 18 heavy (non-hydrogen) atoms. The van der Waals surface area contributed by atoms with E-state index in [2.05, 4.69) is 34.7 Å². The number of nitrogens with zero attached hydrogens (tertiary/aromatic N) is 1. The van der Waals surface area contributed by atoms with E-state index in [9.17, 15) is 0 Å². The van der Waals surface area contributed by atoms with E-state index >= 15 is 0 Å². The number of halogens is 1. The normalized spacial score (nSPS) is 33.5. The molecule has 0 amide bonds. The van der Waals surface area contributed by atoms with Crippen molar-refractivity contribution in [2.24, 2.45) is 5.41 Å². The van der Waals surface area contributed by atoms with E-state index in [4.69, 9.17) is 9.47 Å². The summed E-state index contributed by atoms with van der Waals surface area (Å²) in [6.45, 7) is 9.45. The SMILES string of the molecule is CCC1COC(C)CN1CC1(CBr)CCOCC1. The molecular weight excluding hydrogens is 294 g/mol. The van der Waals surface area contributed by atoms with Gasteiger partial charge in [0.1, 0.15) is 0 Å². The summed E-state index contributed by atoms with van der Waals surface area (Å²) < 4.78 is 11.3. The fourth-order valence-electron chi connectivity index (χ4n) is 3.05. The molecular formula is C14H26BrNO2. The van der Waals surface area contributed by atoms with E-state index < -0.39 is 0 Å². The predicted molar refractivity (Wildman–Crippen MR) is 77.3 cm³/mol. The Balaban J connectivity index is 1.99. The van der Waals surface area contributed by atoms with Crippen LogP contribution in [-0.2, 0) is 9.47 Å². The fourth-order valence-corrected chi connectivity index (χ4v) is 3.79. The van der Waals surface area contributed by atoms with Crippen molar-refractivity contribution in [1.29, 1.82) is 0 Å². The summed E-state index contributed by atoms with van der Waals surface area (Å²) >= 11 is 3.74. The van der Waals surface area contributed by atoms with Crippen molar-refractivity contribution in [3.8, 4) is 0 Å². The van der Waals surface area contributed by atoms with Gasteiger partial charge in [-0.25, -0.2) is 0 Å². The Hall–Kier alpha value is 0.360. The van der Waals surface area contributed by atoms with Gasteiger partial charge in [-0.15, -0.1) is 0 Å². The Morgan fingerprint density at radius 3 is 2.67 bits per heavy atom. The molecule has 2 aliphatic rings. The van der Waals surface area contributed by atoms with Crippen LogP contribution < -0.4 is 0 Å². The molecule has 0 N–H and O–H groups in total. The van der Waals surface area contributed by atoms with Crippen LogP contribution in [0.5, 0.6) is 0 Å². The van der Waals surface area contributed by atoms with Gasteiger partial charge in [0.05, 0.1) is 12.7 Å². The monoisotopic (exact) mass is 319 g/mol. The summed E-state index contributed by atoms with van der Waals surface area (Å²) in [5, 5.41) is 1.09. The molecule has 2 fully saturated rings. The van der Waals surface area contributed by atoms with Crippen molar-refractivity contribution < 1.29 is 9.47 Å². The zero-order chi connectivity index (χ0) is 13.0. The third kappa shape index (κ3) is 3.47. The van der Waals surface area contributed by atoms with Crippen LogP contribution >= 0.6 is 15.9 Å². The van der Waals surface area contributed by atoms with E-state index in [1.54, 1.807) is 0 Å². The second-order valence-corrected chi connectivity index (χ2v) is 6.44. The highest BCUT2D eigenvalue weighted by molar-refractivity contribution is 9.09. The van der Waals surface area contributed by atoms with Crippen molar-refractivity contribution >= 4 is 15.9 Å². The van der Waals surface area contributed by atoms with Gasteiger partial charge >= 0.3 is 0 Å². The molecule has 0 bridgehead atoms. The van der Waals surface area contributed by atoms with Crippen LogP contribution in [0.3, 0.4) is 0 Å². The molecule has 0 radical (unpaired) electrons. The molecule has 2 rings (SSSR count). The number of morpholine rings is 1. The highest BCUT2D eigenvalue weighted by atomic mass is 79.9. The van der Waals surface area contributed by atoms with E-state index in [1.807, 2.05) is 0 Å². The third-order valence-electron chi connectivity index (χ3n) is 4.43. The van der Waals surface area contributed by atoms with Gasteiger partial charge in [0.2, 0.25) is 0 Å². The minimum Gasteiger partial charge on any atom is -0.381 e. The van der Waals surface area contributed by atoms with E-state index in [-0.39, 0.29) is 0 Å². The fraction of sp³-hybridized carbons (Fsp3) is 1.00. The van der Waals surface area contributed by atoms with Crippen molar-refractivity contribution in [3.05, 3.63) is 0 Å². The predicted octanol–water partition coefficient (Wildman–Crippen LogP) is 2.68. The smallest absolute Gasteiger partial charge is 0.0674 e. The van der Waals surface area contributed by atoms with Gasteiger partial charge in [0.25, 0.3) is 0 Å². The maximum absolute atomic E-state index is 5.79. The Morgan fingerprint density at radius 2 is 2.06 bits per heavy atom. The molecule has 0 aromatic rings. The molecule has 3 nitrogen and oxygen atoms in total. The molecule has 2 atom stereocenters. The van der Waals surface area contributed by atoms with Crippen LogP contribution in [0.1, 0.15) is 33.1 Å². The van der Waals surface area contributed by atoms with Crippen LogP contribution in [0.4, 0.5) is 0 Å². The van der Waals surface area contributed by atoms with Crippen LogP contribution in [-0.4, -0.2) is 55.3 Å². The second kappa shape index (κ2) is 6.69. The summed E-state index contributed by atoms with van der Waals surface area (Å²) in [4.78, 5) is 2.65. The average molecular weight is 320 g/mol. The van der Waals surface area contributed by atoms with Gasteiger partial charge in [-0.2, -0.15) is 0 Å². The van der Waals surface area contributed by atoms with Gasteiger partial charge in [-0.1, -0.05) is 22.9 Å². The van der Waals surface area contributed by atoms with Crippen LogP contribution in [0.2, 0.25) is 0 Å². The molecule has 2 heterocycles. The zero-order valence-corrected chi connectivity index (χ0v) is 13.2. The minimum absolute atomic E-state index is 0.375. The Kier molecular flexibility index (Phi) is 5.48. The summed E-state index contributed by atoms with van der Waals surface area (Å²) in [6, 6.07) is 0.597. The molecule has 2 aliphatic heterocycles.